The fourth-order valence-corrected chi connectivity index (χ4v) is 4.96. The van der Waals surface area contributed by atoms with Gasteiger partial charge in [0, 0.05) is 37.0 Å². The number of rotatable bonds is 10. The van der Waals surface area contributed by atoms with E-state index in [4.69, 9.17) is 4.74 Å². The van der Waals surface area contributed by atoms with E-state index in [2.05, 4.69) is 120 Å². The quantitative estimate of drug-likeness (QED) is 0.274. The fourth-order valence-electron chi connectivity index (χ4n) is 4.96. The largest absolute Gasteiger partial charge is 0.457 e. The number of benzene rings is 4. The molecule has 0 radical (unpaired) electrons. The molecule has 176 valence electrons. The highest BCUT2D eigenvalue weighted by molar-refractivity contribution is 5.35. The van der Waals surface area contributed by atoms with Crippen LogP contribution in [0, 0.1) is 0 Å². The van der Waals surface area contributed by atoms with Gasteiger partial charge < -0.3 is 15.4 Å². The van der Waals surface area contributed by atoms with Crippen LogP contribution in [0.5, 0.6) is 11.5 Å². The average molecular weight is 461 g/mol. The molecule has 4 aromatic rings. The minimum atomic E-state index is 0.588. The van der Waals surface area contributed by atoms with E-state index >= 15 is 0 Å². The molecule has 0 aromatic heterocycles. The van der Waals surface area contributed by atoms with Crippen LogP contribution in [0.4, 0.5) is 0 Å². The summed E-state index contributed by atoms with van der Waals surface area (Å²) in [5.74, 6) is 3.06. The van der Waals surface area contributed by atoms with Gasteiger partial charge in [-0.3, -0.25) is 0 Å². The van der Waals surface area contributed by atoms with Gasteiger partial charge in [-0.15, -0.1) is 0 Å². The van der Waals surface area contributed by atoms with Gasteiger partial charge in [0.25, 0.3) is 0 Å². The van der Waals surface area contributed by atoms with E-state index in [0.29, 0.717) is 23.9 Å². The summed E-state index contributed by atoms with van der Waals surface area (Å²) in [4.78, 5) is 0. The Balaban J connectivity index is 0.942. The highest BCUT2D eigenvalue weighted by Gasteiger charge is 2.38. The first-order valence-electron chi connectivity index (χ1n) is 12.7. The number of ether oxygens (including phenoxy) is 1. The van der Waals surface area contributed by atoms with Crippen molar-refractivity contribution in [3.05, 3.63) is 131 Å². The van der Waals surface area contributed by atoms with Crippen molar-refractivity contribution in [2.24, 2.45) is 0 Å². The fraction of sp³-hybridized carbons (Fsp3) is 0.250. The van der Waals surface area contributed by atoms with Crippen molar-refractivity contribution >= 4 is 0 Å². The van der Waals surface area contributed by atoms with Crippen LogP contribution >= 0.6 is 0 Å². The van der Waals surface area contributed by atoms with E-state index in [-0.39, 0.29) is 0 Å². The third-order valence-corrected chi connectivity index (χ3v) is 7.26. The van der Waals surface area contributed by atoms with Crippen molar-refractivity contribution in [2.75, 3.05) is 0 Å². The smallest absolute Gasteiger partial charge is 0.127 e. The minimum absolute atomic E-state index is 0.588. The predicted octanol–water partition coefficient (Wildman–Crippen LogP) is 6.77. The molecule has 2 saturated carbocycles. The second kappa shape index (κ2) is 10.1. The second-order valence-electron chi connectivity index (χ2n) is 9.87. The maximum absolute atomic E-state index is 6.07. The van der Waals surface area contributed by atoms with E-state index in [1.165, 1.54) is 35.1 Å². The normalized spacial score (nSPS) is 22.5. The molecule has 0 saturated heterocycles. The molecule has 4 unspecified atom stereocenters. The van der Waals surface area contributed by atoms with Crippen LogP contribution in [-0.2, 0) is 13.1 Å². The molecule has 3 heteroatoms. The molecule has 4 aromatic carbocycles. The van der Waals surface area contributed by atoms with Crippen molar-refractivity contribution < 1.29 is 4.74 Å². The van der Waals surface area contributed by atoms with Gasteiger partial charge in [-0.2, -0.15) is 0 Å². The Bertz CT molecular complexity index is 1120. The van der Waals surface area contributed by atoms with Crippen LogP contribution < -0.4 is 15.4 Å². The molecular weight excluding hydrogens is 428 g/mol. The summed E-state index contributed by atoms with van der Waals surface area (Å²) in [5, 5.41) is 7.37. The molecule has 2 aliphatic carbocycles. The number of hydrogen-bond acceptors (Lipinski definition) is 3. The van der Waals surface area contributed by atoms with Crippen LogP contribution in [0.25, 0.3) is 0 Å². The van der Waals surface area contributed by atoms with Gasteiger partial charge in [0.1, 0.15) is 11.5 Å². The molecule has 6 rings (SSSR count). The SMILES string of the molecule is c1ccc(C2CC2NCc2ccc(Oc3ccc(CNC4CC4c4ccccc4)cc3)cc2)cc1. The van der Waals surface area contributed by atoms with Gasteiger partial charge >= 0.3 is 0 Å². The zero-order valence-corrected chi connectivity index (χ0v) is 19.9. The summed E-state index contributed by atoms with van der Waals surface area (Å²) in [6.45, 7) is 1.78. The van der Waals surface area contributed by atoms with Crippen LogP contribution in [0.2, 0.25) is 0 Å². The van der Waals surface area contributed by atoms with Crippen molar-refractivity contribution in [1.29, 1.82) is 0 Å². The van der Waals surface area contributed by atoms with Crippen molar-refractivity contribution in [2.45, 2.75) is 49.9 Å². The van der Waals surface area contributed by atoms with E-state index in [1.54, 1.807) is 0 Å². The maximum Gasteiger partial charge on any atom is 0.127 e. The van der Waals surface area contributed by atoms with E-state index < -0.39 is 0 Å². The third kappa shape index (κ3) is 5.64. The number of hydrogen-bond donors (Lipinski definition) is 2. The lowest BCUT2D eigenvalue weighted by Gasteiger charge is -2.09. The van der Waals surface area contributed by atoms with Crippen LogP contribution in [0.15, 0.2) is 109 Å². The summed E-state index contributed by atoms with van der Waals surface area (Å²) in [5.41, 5.74) is 5.46. The van der Waals surface area contributed by atoms with Crippen molar-refractivity contribution in [1.82, 2.24) is 10.6 Å². The molecule has 3 nitrogen and oxygen atoms in total. The molecule has 4 atom stereocenters. The average Bonchev–Trinajstić information content (AvgIpc) is 3.85. The summed E-state index contributed by atoms with van der Waals surface area (Å²) in [6, 6.07) is 39.6. The summed E-state index contributed by atoms with van der Waals surface area (Å²) in [6.07, 6.45) is 2.45. The first-order chi connectivity index (χ1) is 17.3. The lowest BCUT2D eigenvalue weighted by Crippen LogP contribution is -2.17. The Hall–Kier alpha value is -3.40. The Kier molecular flexibility index (Phi) is 6.35. The standard InChI is InChI=1S/C32H32N2O/c1-3-7-25(8-4-1)29-19-31(29)33-21-23-11-15-27(16-12-23)35-28-17-13-24(14-18-28)22-34-32-20-30(32)26-9-5-2-6-10-26/h1-18,29-34H,19-22H2. The van der Waals surface area contributed by atoms with Gasteiger partial charge in [0.2, 0.25) is 0 Å². The molecule has 2 aliphatic rings. The zero-order chi connectivity index (χ0) is 23.5. The van der Waals surface area contributed by atoms with E-state index in [9.17, 15) is 0 Å². The van der Waals surface area contributed by atoms with Gasteiger partial charge in [-0.25, -0.2) is 0 Å². The molecule has 0 spiro atoms. The van der Waals surface area contributed by atoms with E-state index in [1.807, 2.05) is 0 Å². The van der Waals surface area contributed by atoms with Crippen LogP contribution in [-0.4, -0.2) is 12.1 Å². The lowest BCUT2D eigenvalue weighted by atomic mass is 10.1. The Morgan fingerprint density at radius 1 is 0.514 bits per heavy atom. The van der Waals surface area contributed by atoms with Crippen LogP contribution in [0.1, 0.15) is 46.9 Å². The summed E-state index contributed by atoms with van der Waals surface area (Å²) in [7, 11) is 0. The van der Waals surface area contributed by atoms with E-state index in [0.717, 1.165) is 24.6 Å². The molecule has 2 fully saturated rings. The first-order valence-corrected chi connectivity index (χ1v) is 12.7. The van der Waals surface area contributed by atoms with Crippen molar-refractivity contribution in [3.8, 4) is 11.5 Å². The summed E-state index contributed by atoms with van der Waals surface area (Å²) < 4.78 is 6.07. The third-order valence-electron chi connectivity index (χ3n) is 7.26. The van der Waals surface area contributed by atoms with Gasteiger partial charge in [-0.05, 0) is 59.4 Å². The Morgan fingerprint density at radius 2 is 0.914 bits per heavy atom. The Morgan fingerprint density at radius 3 is 1.31 bits per heavy atom. The lowest BCUT2D eigenvalue weighted by molar-refractivity contribution is 0.482. The van der Waals surface area contributed by atoms with Gasteiger partial charge in [-0.1, -0.05) is 84.9 Å². The monoisotopic (exact) mass is 460 g/mol. The molecule has 0 amide bonds. The van der Waals surface area contributed by atoms with Gasteiger partial charge in [0.15, 0.2) is 0 Å². The zero-order valence-electron chi connectivity index (χ0n) is 19.9. The minimum Gasteiger partial charge on any atom is -0.457 e. The molecule has 35 heavy (non-hydrogen) atoms. The number of nitrogens with one attached hydrogen (secondary N) is 2. The first kappa shape index (κ1) is 22.1. The molecule has 2 N–H and O–H groups in total. The predicted molar refractivity (Wildman–Crippen MR) is 142 cm³/mol. The molecule has 0 heterocycles. The second-order valence-corrected chi connectivity index (χ2v) is 9.87. The van der Waals surface area contributed by atoms with Gasteiger partial charge in [0.05, 0.1) is 0 Å². The highest BCUT2D eigenvalue weighted by atomic mass is 16.5. The van der Waals surface area contributed by atoms with Crippen LogP contribution in [0.3, 0.4) is 0 Å². The maximum atomic E-state index is 6.07. The molecule has 0 bridgehead atoms. The molecular formula is C32H32N2O. The molecule has 0 aliphatic heterocycles. The van der Waals surface area contributed by atoms with Crippen molar-refractivity contribution in [3.63, 3.8) is 0 Å². The summed E-state index contributed by atoms with van der Waals surface area (Å²) >= 11 is 0. The topological polar surface area (TPSA) is 33.3 Å². The highest BCUT2D eigenvalue weighted by Crippen LogP contribution is 2.41. The Labute approximate surface area is 208 Å².